The molecule has 0 bridgehead atoms. The summed E-state index contributed by atoms with van der Waals surface area (Å²) in [7, 11) is 0. The van der Waals surface area contributed by atoms with Gasteiger partial charge in [-0.25, -0.2) is 14.4 Å². The number of thiophene rings is 1. The summed E-state index contributed by atoms with van der Waals surface area (Å²) in [6.07, 6.45) is 1.34. The Bertz CT molecular complexity index is 1080. The Hall–Kier alpha value is -3.27. The van der Waals surface area contributed by atoms with E-state index >= 15 is 0 Å². The second-order valence-corrected chi connectivity index (χ2v) is 10.5. The zero-order valence-corrected chi connectivity index (χ0v) is 21.1. The summed E-state index contributed by atoms with van der Waals surface area (Å²) in [5.41, 5.74) is 0.815. The van der Waals surface area contributed by atoms with Crippen LogP contribution >= 0.6 is 11.3 Å². The highest BCUT2D eigenvalue weighted by molar-refractivity contribution is 7.18. The molecule has 1 fully saturated rings. The average molecular weight is 506 g/mol. The van der Waals surface area contributed by atoms with Crippen LogP contribution < -0.4 is 9.47 Å². The molecule has 9 nitrogen and oxygen atoms in total. The molecule has 1 saturated heterocycles. The predicted octanol–water partition coefficient (Wildman–Crippen LogP) is 4.91. The highest BCUT2D eigenvalue weighted by Gasteiger charge is 2.27. The molecule has 1 aromatic heterocycles. The summed E-state index contributed by atoms with van der Waals surface area (Å²) in [6.45, 7) is 8.39. The van der Waals surface area contributed by atoms with Crippen LogP contribution in [0.3, 0.4) is 0 Å². The van der Waals surface area contributed by atoms with Gasteiger partial charge in [0, 0.05) is 23.5 Å². The van der Waals surface area contributed by atoms with Gasteiger partial charge in [0.15, 0.2) is 11.5 Å². The summed E-state index contributed by atoms with van der Waals surface area (Å²) in [4.78, 5) is 37.2. The van der Waals surface area contributed by atoms with Crippen molar-refractivity contribution in [1.82, 2.24) is 4.90 Å². The summed E-state index contributed by atoms with van der Waals surface area (Å²) < 4.78 is 16.7. The SMILES string of the molecule is Cc1c(-c2cccc(OCC3CCN(C(=O)OC(C)(C)C)CC3)c2)sc(C(=O)O)c1OCC(=O)O. The fraction of sp³-hybridized carbons (Fsp3) is 0.480. The number of amides is 1. The van der Waals surface area contributed by atoms with Gasteiger partial charge in [0.2, 0.25) is 0 Å². The molecule has 1 aliphatic heterocycles. The smallest absolute Gasteiger partial charge is 0.410 e. The quantitative estimate of drug-likeness (QED) is 0.519. The van der Waals surface area contributed by atoms with Crippen molar-refractivity contribution < 1.29 is 38.8 Å². The van der Waals surface area contributed by atoms with Crippen molar-refractivity contribution in [2.24, 2.45) is 5.92 Å². The fourth-order valence-corrected chi connectivity index (χ4v) is 4.86. The molecule has 0 saturated carbocycles. The third-order valence-electron chi connectivity index (χ3n) is 5.47. The minimum Gasteiger partial charge on any atom is -0.493 e. The van der Waals surface area contributed by atoms with E-state index in [1.54, 1.807) is 11.8 Å². The average Bonchev–Trinajstić information content (AvgIpc) is 3.12. The Morgan fingerprint density at radius 3 is 2.40 bits per heavy atom. The lowest BCUT2D eigenvalue weighted by Gasteiger charge is -2.33. The van der Waals surface area contributed by atoms with Crippen molar-refractivity contribution in [2.75, 3.05) is 26.3 Å². The number of nitrogens with zero attached hydrogens (tertiary/aromatic N) is 1. The van der Waals surface area contributed by atoms with Crippen LogP contribution in [0.1, 0.15) is 48.8 Å². The minimum absolute atomic E-state index is 0.0400. The van der Waals surface area contributed by atoms with Crippen molar-refractivity contribution in [1.29, 1.82) is 0 Å². The van der Waals surface area contributed by atoms with Gasteiger partial charge in [-0.1, -0.05) is 12.1 Å². The maximum atomic E-state index is 12.2. The highest BCUT2D eigenvalue weighted by Crippen LogP contribution is 2.42. The molecule has 2 N–H and O–H groups in total. The van der Waals surface area contributed by atoms with Gasteiger partial charge in [-0.15, -0.1) is 11.3 Å². The van der Waals surface area contributed by atoms with Gasteiger partial charge in [0.1, 0.15) is 17.1 Å². The Morgan fingerprint density at radius 1 is 1.11 bits per heavy atom. The number of ether oxygens (including phenoxy) is 3. The lowest BCUT2D eigenvalue weighted by Crippen LogP contribution is -2.42. The van der Waals surface area contributed by atoms with E-state index in [0.717, 1.165) is 29.7 Å². The van der Waals surface area contributed by atoms with E-state index in [9.17, 15) is 19.5 Å². The largest absolute Gasteiger partial charge is 0.493 e. The van der Waals surface area contributed by atoms with Crippen LogP contribution in [0.25, 0.3) is 10.4 Å². The number of hydrogen-bond acceptors (Lipinski definition) is 7. The number of carbonyl (C=O) groups is 3. The van der Waals surface area contributed by atoms with E-state index in [2.05, 4.69) is 0 Å². The first-order valence-electron chi connectivity index (χ1n) is 11.4. The molecule has 1 amide bonds. The number of aromatic carboxylic acids is 1. The monoisotopic (exact) mass is 505 g/mol. The predicted molar refractivity (Wildman–Crippen MR) is 131 cm³/mol. The normalized spacial score (nSPS) is 14.5. The number of carboxylic acid groups (broad SMARTS) is 2. The third kappa shape index (κ3) is 7.11. The van der Waals surface area contributed by atoms with Crippen LogP contribution in [0.4, 0.5) is 4.79 Å². The van der Waals surface area contributed by atoms with Crippen LogP contribution in [-0.2, 0) is 9.53 Å². The van der Waals surface area contributed by atoms with Crippen molar-refractivity contribution >= 4 is 29.4 Å². The molecule has 35 heavy (non-hydrogen) atoms. The number of benzene rings is 1. The second-order valence-electron chi connectivity index (χ2n) is 9.45. The first kappa shape index (κ1) is 26.3. The van der Waals surface area contributed by atoms with Crippen LogP contribution in [0.15, 0.2) is 24.3 Å². The maximum absolute atomic E-state index is 12.2. The zero-order valence-electron chi connectivity index (χ0n) is 20.3. The van der Waals surface area contributed by atoms with Crippen LogP contribution in [-0.4, -0.2) is 65.0 Å². The minimum atomic E-state index is -1.18. The standard InChI is InChI=1S/C25H31NO8S/c1-15-20(33-14-19(27)28)22(23(29)30)35-21(15)17-6-5-7-18(12-17)32-13-16-8-10-26(11-9-16)24(31)34-25(2,3)4/h5-7,12,16H,8-11,13-14H2,1-4H3,(H,27,28)(H,29,30). The molecule has 2 aromatic rings. The Labute approximate surface area is 208 Å². The van der Waals surface area contributed by atoms with Gasteiger partial charge in [0.25, 0.3) is 0 Å². The van der Waals surface area contributed by atoms with Gasteiger partial charge < -0.3 is 29.3 Å². The first-order valence-corrected chi connectivity index (χ1v) is 12.2. The van der Waals surface area contributed by atoms with E-state index < -0.39 is 24.1 Å². The molecule has 2 heterocycles. The number of aliphatic carboxylic acids is 1. The van der Waals surface area contributed by atoms with E-state index in [4.69, 9.17) is 19.3 Å². The summed E-state index contributed by atoms with van der Waals surface area (Å²) in [6, 6.07) is 7.34. The lowest BCUT2D eigenvalue weighted by atomic mass is 9.98. The zero-order chi connectivity index (χ0) is 25.8. The third-order valence-corrected chi connectivity index (χ3v) is 6.78. The molecular weight excluding hydrogens is 474 g/mol. The molecule has 1 aliphatic rings. The summed E-state index contributed by atoms with van der Waals surface area (Å²) >= 11 is 1.04. The van der Waals surface area contributed by atoms with E-state index in [0.29, 0.717) is 41.8 Å². The lowest BCUT2D eigenvalue weighted by molar-refractivity contribution is -0.139. The number of carbonyl (C=O) groups excluding carboxylic acids is 1. The molecule has 0 atom stereocenters. The van der Waals surface area contributed by atoms with E-state index in [-0.39, 0.29) is 16.7 Å². The summed E-state index contributed by atoms with van der Waals surface area (Å²) in [5.74, 6) is -1.33. The van der Waals surface area contributed by atoms with Crippen LogP contribution in [0.5, 0.6) is 11.5 Å². The highest BCUT2D eigenvalue weighted by atomic mass is 32.1. The van der Waals surface area contributed by atoms with E-state index in [1.807, 2.05) is 45.0 Å². The first-order chi connectivity index (χ1) is 16.4. The maximum Gasteiger partial charge on any atom is 0.410 e. The number of piperidine rings is 1. The molecule has 3 rings (SSSR count). The molecule has 0 unspecified atom stereocenters. The van der Waals surface area contributed by atoms with Crippen molar-refractivity contribution in [3.8, 4) is 21.9 Å². The van der Waals surface area contributed by atoms with E-state index in [1.165, 1.54) is 0 Å². The molecule has 1 aromatic carbocycles. The Kier molecular flexibility index (Phi) is 8.26. The Morgan fingerprint density at radius 2 is 1.80 bits per heavy atom. The number of hydrogen-bond donors (Lipinski definition) is 2. The van der Waals surface area contributed by atoms with Gasteiger partial charge in [-0.2, -0.15) is 0 Å². The van der Waals surface area contributed by atoms with Crippen LogP contribution in [0, 0.1) is 12.8 Å². The van der Waals surface area contributed by atoms with Crippen molar-refractivity contribution in [3.63, 3.8) is 0 Å². The summed E-state index contributed by atoms with van der Waals surface area (Å²) in [5, 5.41) is 18.4. The van der Waals surface area contributed by atoms with Crippen molar-refractivity contribution in [3.05, 3.63) is 34.7 Å². The van der Waals surface area contributed by atoms with Gasteiger partial charge in [0.05, 0.1) is 6.61 Å². The molecule has 10 heteroatoms. The number of carboxylic acids is 2. The Balaban J connectivity index is 1.63. The topological polar surface area (TPSA) is 123 Å². The second kappa shape index (κ2) is 11.0. The van der Waals surface area contributed by atoms with Gasteiger partial charge in [-0.05, 0) is 64.2 Å². The molecule has 0 radical (unpaired) electrons. The molecule has 190 valence electrons. The molecule has 0 spiro atoms. The van der Waals surface area contributed by atoms with Gasteiger partial charge >= 0.3 is 18.0 Å². The van der Waals surface area contributed by atoms with Gasteiger partial charge in [-0.3, -0.25) is 0 Å². The molecule has 0 aliphatic carbocycles. The number of rotatable bonds is 8. The van der Waals surface area contributed by atoms with Crippen LogP contribution in [0.2, 0.25) is 0 Å². The van der Waals surface area contributed by atoms with Crippen molar-refractivity contribution in [2.45, 2.75) is 46.1 Å². The molecular formula is C25H31NO8S. The fourth-order valence-electron chi connectivity index (χ4n) is 3.77. The number of likely N-dealkylation sites (tertiary alicyclic amines) is 1.